The van der Waals surface area contributed by atoms with Gasteiger partial charge < -0.3 is 0 Å². The Labute approximate surface area is 104 Å². The lowest BCUT2D eigenvalue weighted by atomic mass is 9.97. The Morgan fingerprint density at radius 1 is 1.39 bits per heavy atom. The molecule has 2 heterocycles. The van der Waals surface area contributed by atoms with E-state index in [1.165, 1.54) is 0 Å². The number of alkyl halides is 3. The molecule has 1 N–H and O–H groups in total. The van der Waals surface area contributed by atoms with E-state index in [1.807, 2.05) is 0 Å². The van der Waals surface area contributed by atoms with E-state index in [2.05, 4.69) is 28.9 Å². The summed E-state index contributed by atoms with van der Waals surface area (Å²) < 4.78 is 37.6. The molecule has 0 saturated carbocycles. The summed E-state index contributed by atoms with van der Waals surface area (Å²) in [6, 6.07) is 1.50. The van der Waals surface area contributed by atoms with Gasteiger partial charge in [0.15, 0.2) is 5.69 Å². The van der Waals surface area contributed by atoms with Crippen molar-refractivity contribution >= 4 is 0 Å². The minimum absolute atomic E-state index is 0.0300. The molecule has 1 aliphatic rings. The van der Waals surface area contributed by atoms with Gasteiger partial charge in [0.25, 0.3) is 0 Å². The SMILES string of the molecule is CC(C)N1CCCC[C@@H]1c1cc(C(F)(F)F)n[nH]1. The Kier molecular flexibility index (Phi) is 3.66. The zero-order chi connectivity index (χ0) is 13.3. The van der Waals surface area contributed by atoms with Gasteiger partial charge in [0.1, 0.15) is 0 Å². The number of aromatic amines is 1. The molecular formula is C12H18F3N3. The number of nitrogens with one attached hydrogen (secondary N) is 1. The molecule has 1 saturated heterocycles. The summed E-state index contributed by atoms with van der Waals surface area (Å²) in [7, 11) is 0. The second-order valence-corrected chi connectivity index (χ2v) is 5.05. The monoisotopic (exact) mass is 261 g/mol. The number of nitrogens with zero attached hydrogens (tertiary/aromatic N) is 2. The number of piperidine rings is 1. The number of rotatable bonds is 2. The Bertz CT molecular complexity index is 398. The van der Waals surface area contributed by atoms with Crippen molar-refractivity contribution < 1.29 is 13.2 Å². The predicted molar refractivity (Wildman–Crippen MR) is 62.0 cm³/mol. The normalized spacial score (nSPS) is 22.7. The molecular weight excluding hydrogens is 243 g/mol. The van der Waals surface area contributed by atoms with Gasteiger partial charge in [-0.25, -0.2) is 0 Å². The van der Waals surface area contributed by atoms with Crippen LogP contribution in [0.1, 0.15) is 50.5 Å². The van der Waals surface area contributed by atoms with E-state index in [1.54, 1.807) is 0 Å². The molecule has 0 amide bonds. The third-order valence-electron chi connectivity index (χ3n) is 3.45. The summed E-state index contributed by atoms with van der Waals surface area (Å²) in [5.41, 5.74) is -0.248. The summed E-state index contributed by atoms with van der Waals surface area (Å²) >= 11 is 0. The summed E-state index contributed by atoms with van der Waals surface area (Å²) in [6.07, 6.45) is -1.33. The van der Waals surface area contributed by atoms with E-state index in [9.17, 15) is 13.2 Å². The molecule has 0 spiro atoms. The highest BCUT2D eigenvalue weighted by molar-refractivity contribution is 5.16. The molecule has 1 atom stereocenters. The Morgan fingerprint density at radius 3 is 2.67 bits per heavy atom. The third kappa shape index (κ3) is 2.68. The van der Waals surface area contributed by atoms with Crippen molar-refractivity contribution in [3.05, 3.63) is 17.5 Å². The number of H-pyrrole nitrogens is 1. The maximum Gasteiger partial charge on any atom is 0.435 e. The Hall–Kier alpha value is -1.04. The van der Waals surface area contributed by atoms with Gasteiger partial charge in [0.2, 0.25) is 0 Å². The van der Waals surface area contributed by atoms with Gasteiger partial charge in [-0.05, 0) is 39.3 Å². The fraction of sp³-hybridized carbons (Fsp3) is 0.750. The Morgan fingerprint density at radius 2 is 2.11 bits per heavy atom. The number of likely N-dealkylation sites (tertiary alicyclic amines) is 1. The van der Waals surface area contributed by atoms with Gasteiger partial charge in [-0.3, -0.25) is 10.00 Å². The second-order valence-electron chi connectivity index (χ2n) is 5.05. The van der Waals surface area contributed by atoms with Gasteiger partial charge >= 0.3 is 6.18 Å². The first-order valence-electron chi connectivity index (χ1n) is 6.28. The smallest absolute Gasteiger partial charge is 0.292 e. The third-order valence-corrected chi connectivity index (χ3v) is 3.45. The van der Waals surface area contributed by atoms with E-state index in [0.29, 0.717) is 11.7 Å². The van der Waals surface area contributed by atoms with Crippen LogP contribution in [0.3, 0.4) is 0 Å². The highest BCUT2D eigenvalue weighted by atomic mass is 19.4. The molecule has 0 bridgehead atoms. The summed E-state index contributed by atoms with van der Waals surface area (Å²) in [5, 5.41) is 5.93. The highest BCUT2D eigenvalue weighted by Crippen LogP contribution is 2.34. The molecule has 1 aliphatic heterocycles. The lowest BCUT2D eigenvalue weighted by molar-refractivity contribution is -0.141. The van der Waals surface area contributed by atoms with Crippen molar-refractivity contribution in [1.82, 2.24) is 15.1 Å². The number of hydrogen-bond acceptors (Lipinski definition) is 2. The second kappa shape index (κ2) is 4.91. The van der Waals surface area contributed by atoms with Gasteiger partial charge in [-0.2, -0.15) is 18.3 Å². The maximum absolute atomic E-state index is 12.5. The largest absolute Gasteiger partial charge is 0.435 e. The molecule has 6 heteroatoms. The van der Waals surface area contributed by atoms with E-state index >= 15 is 0 Å². The standard InChI is InChI=1S/C12H18F3N3/c1-8(2)18-6-4-3-5-10(18)9-7-11(17-16-9)12(13,14)15/h7-8,10H,3-6H2,1-2H3,(H,16,17)/t10-/m1/s1. The van der Waals surface area contributed by atoms with Crippen LogP contribution in [0.5, 0.6) is 0 Å². The lowest BCUT2D eigenvalue weighted by Crippen LogP contribution is -2.38. The van der Waals surface area contributed by atoms with Crippen LogP contribution in [0, 0.1) is 0 Å². The molecule has 0 aromatic carbocycles. The molecule has 0 aliphatic carbocycles. The van der Waals surface area contributed by atoms with Crippen molar-refractivity contribution in [3.8, 4) is 0 Å². The van der Waals surface area contributed by atoms with Crippen LogP contribution in [-0.4, -0.2) is 27.7 Å². The van der Waals surface area contributed by atoms with Crippen LogP contribution in [0.15, 0.2) is 6.07 Å². The molecule has 0 radical (unpaired) electrons. The van der Waals surface area contributed by atoms with E-state index < -0.39 is 11.9 Å². The molecule has 102 valence electrons. The summed E-state index contributed by atoms with van der Waals surface area (Å²) in [6.45, 7) is 5.07. The Balaban J connectivity index is 2.21. The van der Waals surface area contributed by atoms with Gasteiger partial charge in [0.05, 0.1) is 11.7 Å². The molecule has 1 fully saturated rings. The average molecular weight is 261 g/mol. The zero-order valence-corrected chi connectivity index (χ0v) is 10.6. The van der Waals surface area contributed by atoms with Crippen LogP contribution in [0.2, 0.25) is 0 Å². The average Bonchev–Trinajstić information content (AvgIpc) is 2.77. The topological polar surface area (TPSA) is 31.9 Å². The minimum atomic E-state index is -4.37. The molecule has 1 aromatic rings. The highest BCUT2D eigenvalue weighted by Gasteiger charge is 2.36. The molecule has 1 aromatic heterocycles. The predicted octanol–water partition coefficient (Wildman–Crippen LogP) is 3.36. The van der Waals surface area contributed by atoms with Crippen molar-refractivity contribution in [3.63, 3.8) is 0 Å². The molecule has 3 nitrogen and oxygen atoms in total. The first-order valence-corrected chi connectivity index (χ1v) is 6.28. The number of halogens is 3. The fourth-order valence-electron chi connectivity index (χ4n) is 2.56. The van der Waals surface area contributed by atoms with Crippen molar-refractivity contribution in [2.75, 3.05) is 6.54 Å². The number of aromatic nitrogens is 2. The first kappa shape index (κ1) is 13.4. The quantitative estimate of drug-likeness (QED) is 0.885. The van der Waals surface area contributed by atoms with Crippen molar-refractivity contribution in [2.45, 2.75) is 51.4 Å². The molecule has 0 unspecified atom stereocenters. The minimum Gasteiger partial charge on any atom is -0.292 e. The zero-order valence-electron chi connectivity index (χ0n) is 10.6. The van der Waals surface area contributed by atoms with Crippen molar-refractivity contribution in [1.29, 1.82) is 0 Å². The lowest BCUT2D eigenvalue weighted by Gasteiger charge is -2.37. The van der Waals surface area contributed by atoms with Gasteiger partial charge in [-0.1, -0.05) is 6.42 Å². The van der Waals surface area contributed by atoms with Crippen LogP contribution >= 0.6 is 0 Å². The van der Waals surface area contributed by atoms with Crippen molar-refractivity contribution in [2.24, 2.45) is 0 Å². The first-order chi connectivity index (χ1) is 8.39. The van der Waals surface area contributed by atoms with Crippen LogP contribution in [0.25, 0.3) is 0 Å². The molecule has 2 rings (SSSR count). The van der Waals surface area contributed by atoms with E-state index in [4.69, 9.17) is 0 Å². The molecule has 18 heavy (non-hydrogen) atoms. The van der Waals surface area contributed by atoms with Gasteiger partial charge in [-0.15, -0.1) is 0 Å². The maximum atomic E-state index is 12.5. The van der Waals surface area contributed by atoms with Gasteiger partial charge in [0, 0.05) is 6.04 Å². The number of hydrogen-bond donors (Lipinski definition) is 1. The van der Waals surface area contributed by atoms with Crippen LogP contribution < -0.4 is 0 Å². The summed E-state index contributed by atoms with van der Waals surface area (Å²) in [4.78, 5) is 2.23. The fourth-order valence-corrected chi connectivity index (χ4v) is 2.56. The van der Waals surface area contributed by atoms with Crippen LogP contribution in [0.4, 0.5) is 13.2 Å². The summed E-state index contributed by atoms with van der Waals surface area (Å²) in [5.74, 6) is 0. The van der Waals surface area contributed by atoms with Crippen LogP contribution in [-0.2, 0) is 6.18 Å². The van der Waals surface area contributed by atoms with E-state index in [-0.39, 0.29) is 6.04 Å². The van der Waals surface area contributed by atoms with E-state index in [0.717, 1.165) is 31.9 Å².